The lowest BCUT2D eigenvalue weighted by Crippen LogP contribution is -2.50. The van der Waals surface area contributed by atoms with Gasteiger partial charge in [0.05, 0.1) is 24.1 Å². The Bertz CT molecular complexity index is 1310. The van der Waals surface area contributed by atoms with Gasteiger partial charge in [-0.2, -0.15) is 0 Å². The minimum Gasteiger partial charge on any atom is -0.476 e. The fourth-order valence-electron chi connectivity index (χ4n) is 4.75. The predicted molar refractivity (Wildman–Crippen MR) is 143 cm³/mol. The molecule has 3 aromatic heterocycles. The van der Waals surface area contributed by atoms with E-state index >= 15 is 0 Å². The van der Waals surface area contributed by atoms with Crippen molar-refractivity contribution in [3.8, 4) is 17.1 Å². The number of rotatable bonds is 6. The summed E-state index contributed by atoms with van der Waals surface area (Å²) < 4.78 is 13.5. The molecule has 2 amide bonds. The molecule has 0 aromatic carbocycles. The monoisotopic (exact) mass is 521 g/mol. The van der Waals surface area contributed by atoms with Crippen molar-refractivity contribution in [1.82, 2.24) is 29.7 Å². The zero-order chi connectivity index (χ0) is 26.9. The fourth-order valence-corrected chi connectivity index (χ4v) is 4.75. The van der Waals surface area contributed by atoms with Crippen molar-refractivity contribution >= 4 is 28.9 Å². The van der Waals surface area contributed by atoms with Gasteiger partial charge in [-0.25, -0.2) is 19.7 Å². The quantitative estimate of drug-likeness (QED) is 0.527. The molecular weight excluding hydrogens is 486 g/mol. The van der Waals surface area contributed by atoms with Crippen LogP contribution in [0.3, 0.4) is 0 Å². The Morgan fingerprint density at radius 3 is 2.61 bits per heavy atom. The Morgan fingerprint density at radius 1 is 1.16 bits per heavy atom. The number of imidazole rings is 1. The van der Waals surface area contributed by atoms with Crippen LogP contribution in [0.4, 0.5) is 10.6 Å². The average molecular weight is 522 g/mol. The molecule has 2 aliphatic rings. The van der Waals surface area contributed by atoms with E-state index in [1.165, 1.54) is 0 Å². The zero-order valence-corrected chi connectivity index (χ0v) is 22.4. The molecule has 1 N–H and O–H groups in total. The van der Waals surface area contributed by atoms with Gasteiger partial charge in [0.1, 0.15) is 16.9 Å². The maximum Gasteiger partial charge on any atom is 0.410 e. The van der Waals surface area contributed by atoms with Crippen LogP contribution < -0.4 is 15.0 Å². The second-order valence-corrected chi connectivity index (χ2v) is 10.9. The van der Waals surface area contributed by atoms with Gasteiger partial charge in [-0.3, -0.25) is 4.79 Å². The van der Waals surface area contributed by atoms with Gasteiger partial charge >= 0.3 is 6.09 Å². The molecule has 2 saturated heterocycles. The van der Waals surface area contributed by atoms with Crippen LogP contribution in [0.25, 0.3) is 22.3 Å². The largest absolute Gasteiger partial charge is 0.476 e. The van der Waals surface area contributed by atoms with Crippen molar-refractivity contribution in [3.05, 3.63) is 30.7 Å². The number of carbonyl (C=O) groups excluding carboxylic acids is 2. The smallest absolute Gasteiger partial charge is 0.410 e. The number of hydrogen-bond acceptors (Lipinski definition) is 8. The van der Waals surface area contributed by atoms with Crippen molar-refractivity contribution in [2.45, 2.75) is 39.2 Å². The second-order valence-electron chi connectivity index (χ2n) is 10.9. The highest BCUT2D eigenvalue weighted by Crippen LogP contribution is 2.29. The Morgan fingerprint density at radius 2 is 1.95 bits per heavy atom. The minimum absolute atomic E-state index is 0.102. The first-order valence-electron chi connectivity index (χ1n) is 13.1. The summed E-state index contributed by atoms with van der Waals surface area (Å²) in [5, 5.41) is 2.87. The first-order chi connectivity index (χ1) is 18.2. The van der Waals surface area contributed by atoms with Crippen LogP contribution in [0, 0.1) is 5.92 Å². The molecule has 11 heteroatoms. The van der Waals surface area contributed by atoms with E-state index in [0.29, 0.717) is 51.6 Å². The summed E-state index contributed by atoms with van der Waals surface area (Å²) in [4.78, 5) is 41.7. The molecule has 2 fully saturated rings. The Kier molecular flexibility index (Phi) is 7.09. The molecule has 0 bridgehead atoms. The van der Waals surface area contributed by atoms with Crippen LogP contribution >= 0.6 is 0 Å². The van der Waals surface area contributed by atoms with Crippen molar-refractivity contribution in [1.29, 1.82) is 0 Å². The van der Waals surface area contributed by atoms with E-state index in [1.54, 1.807) is 11.2 Å². The first-order valence-corrected chi connectivity index (χ1v) is 13.1. The molecule has 2 aliphatic heterocycles. The highest BCUT2D eigenvalue weighted by Gasteiger charge is 2.26. The van der Waals surface area contributed by atoms with Gasteiger partial charge in [-0.05, 0) is 51.3 Å². The molecule has 11 nitrogen and oxygen atoms in total. The minimum atomic E-state index is -0.503. The van der Waals surface area contributed by atoms with Gasteiger partial charge in [0.15, 0.2) is 0 Å². The van der Waals surface area contributed by atoms with Gasteiger partial charge in [0.25, 0.3) is 0 Å². The standard InChI is InChI=1S/C27H35N7O4/c1-27(2,3)38-26(36)34-10-8-33(9-11-34)22-6-5-19(16-28-22)20-14-21-24(32(4)17-30-21)25(31-20)37-12-7-18-13-23(35)29-15-18/h5-6,14,16-18H,7-13,15H2,1-4H3,(H,29,35)/t18-/m1/s1. The van der Waals surface area contributed by atoms with Crippen molar-refractivity contribution in [2.24, 2.45) is 13.0 Å². The van der Waals surface area contributed by atoms with E-state index in [-0.39, 0.29) is 17.9 Å². The molecule has 5 rings (SSSR count). The lowest BCUT2D eigenvalue weighted by atomic mass is 10.1. The fraction of sp³-hybridized carbons (Fsp3) is 0.519. The van der Waals surface area contributed by atoms with Gasteiger partial charge in [-0.1, -0.05) is 0 Å². The number of aryl methyl sites for hydroxylation is 1. The summed E-state index contributed by atoms with van der Waals surface area (Å²) in [6, 6.07) is 5.92. The first kappa shape index (κ1) is 25.7. The van der Waals surface area contributed by atoms with E-state index < -0.39 is 5.60 Å². The van der Waals surface area contributed by atoms with Gasteiger partial charge < -0.3 is 29.2 Å². The number of carbonyl (C=O) groups is 2. The second kappa shape index (κ2) is 10.5. The Balaban J connectivity index is 1.26. The molecule has 202 valence electrons. The van der Waals surface area contributed by atoms with Crippen LogP contribution in [0.2, 0.25) is 0 Å². The van der Waals surface area contributed by atoms with Gasteiger partial charge in [0, 0.05) is 58.0 Å². The number of amides is 2. The molecule has 0 unspecified atom stereocenters. The molecule has 0 spiro atoms. The highest BCUT2D eigenvalue weighted by atomic mass is 16.6. The molecular formula is C27H35N7O4. The number of pyridine rings is 2. The van der Waals surface area contributed by atoms with E-state index in [4.69, 9.17) is 19.4 Å². The van der Waals surface area contributed by atoms with Crippen LogP contribution in [0.5, 0.6) is 5.88 Å². The number of nitrogens with one attached hydrogen (secondary N) is 1. The molecule has 38 heavy (non-hydrogen) atoms. The number of ether oxygens (including phenoxy) is 2. The van der Waals surface area contributed by atoms with Gasteiger partial charge in [-0.15, -0.1) is 0 Å². The van der Waals surface area contributed by atoms with E-state index in [9.17, 15) is 9.59 Å². The third-order valence-corrected chi connectivity index (χ3v) is 6.79. The van der Waals surface area contributed by atoms with Crippen molar-refractivity contribution in [2.75, 3.05) is 44.2 Å². The van der Waals surface area contributed by atoms with Crippen molar-refractivity contribution < 1.29 is 19.1 Å². The van der Waals surface area contributed by atoms with Crippen LogP contribution in [0.15, 0.2) is 30.7 Å². The van der Waals surface area contributed by atoms with Crippen LogP contribution in [-0.4, -0.2) is 81.4 Å². The number of hydrogen-bond donors (Lipinski definition) is 1. The third-order valence-electron chi connectivity index (χ3n) is 6.79. The summed E-state index contributed by atoms with van der Waals surface area (Å²) in [7, 11) is 1.92. The topological polar surface area (TPSA) is 115 Å². The molecule has 3 aromatic rings. The maximum absolute atomic E-state index is 12.4. The summed E-state index contributed by atoms with van der Waals surface area (Å²) in [6.45, 7) is 9.34. The lowest BCUT2D eigenvalue weighted by molar-refractivity contribution is -0.119. The Hall–Kier alpha value is -3.89. The normalized spacial score (nSPS) is 18.1. The SMILES string of the molecule is Cn1cnc2cc(-c3ccc(N4CCN(C(=O)OC(C)(C)C)CC4)nc3)nc(OCC[C@H]3CNC(=O)C3)c21. The summed E-state index contributed by atoms with van der Waals surface area (Å²) in [5.41, 5.74) is 2.73. The van der Waals surface area contributed by atoms with E-state index in [2.05, 4.69) is 15.2 Å². The molecule has 0 aliphatic carbocycles. The molecule has 5 heterocycles. The number of fused-ring (bicyclic) bond motifs is 1. The zero-order valence-electron chi connectivity index (χ0n) is 22.4. The molecule has 0 saturated carbocycles. The Labute approximate surface area is 222 Å². The third kappa shape index (κ3) is 5.81. The lowest BCUT2D eigenvalue weighted by Gasteiger charge is -2.36. The maximum atomic E-state index is 12.4. The van der Waals surface area contributed by atoms with Gasteiger partial charge in [0.2, 0.25) is 11.8 Å². The summed E-state index contributed by atoms with van der Waals surface area (Å²) in [5.74, 6) is 1.77. The number of anilines is 1. The number of nitrogens with zero attached hydrogens (tertiary/aromatic N) is 6. The predicted octanol–water partition coefficient (Wildman–Crippen LogP) is 2.99. The van der Waals surface area contributed by atoms with Crippen molar-refractivity contribution in [3.63, 3.8) is 0 Å². The van der Waals surface area contributed by atoms with E-state index in [1.807, 2.05) is 56.8 Å². The van der Waals surface area contributed by atoms with Crippen LogP contribution in [0.1, 0.15) is 33.6 Å². The summed E-state index contributed by atoms with van der Waals surface area (Å²) in [6.07, 6.45) is 4.61. The highest BCUT2D eigenvalue weighted by molar-refractivity contribution is 5.84. The van der Waals surface area contributed by atoms with Crippen LogP contribution in [-0.2, 0) is 16.6 Å². The van der Waals surface area contributed by atoms with E-state index in [0.717, 1.165) is 34.5 Å². The average Bonchev–Trinajstić information content (AvgIpc) is 3.48. The molecule has 0 radical (unpaired) electrons. The molecule has 1 atom stereocenters. The number of aromatic nitrogens is 4. The number of piperazine rings is 1. The summed E-state index contributed by atoms with van der Waals surface area (Å²) >= 11 is 0.